The van der Waals surface area contributed by atoms with Crippen molar-refractivity contribution in [2.75, 3.05) is 27.2 Å². The molecule has 0 saturated heterocycles. The first-order valence-electron chi connectivity index (χ1n) is 8.43. The molecule has 0 amide bonds. The maximum Gasteiger partial charge on any atom is 0.231 e. The largest absolute Gasteiger partial charge is 0.508 e. The lowest BCUT2D eigenvalue weighted by atomic mass is 9.88. The van der Waals surface area contributed by atoms with Gasteiger partial charge < -0.3 is 24.1 Å². The third kappa shape index (κ3) is 2.36. The van der Waals surface area contributed by atoms with Gasteiger partial charge >= 0.3 is 0 Å². The molecule has 3 aliphatic heterocycles. The van der Waals surface area contributed by atoms with Crippen LogP contribution >= 0.6 is 0 Å². The molecular weight excluding hydrogens is 322 g/mol. The van der Waals surface area contributed by atoms with Crippen molar-refractivity contribution in [3.8, 4) is 28.7 Å². The summed E-state index contributed by atoms with van der Waals surface area (Å²) >= 11 is 0. The number of hydrogen-bond donors (Lipinski definition) is 1. The Labute approximate surface area is 145 Å². The van der Waals surface area contributed by atoms with E-state index in [9.17, 15) is 5.11 Å². The van der Waals surface area contributed by atoms with Crippen LogP contribution in [0.15, 0.2) is 24.3 Å². The van der Waals surface area contributed by atoms with Gasteiger partial charge in [-0.05, 0) is 54.8 Å². The van der Waals surface area contributed by atoms with E-state index in [0.29, 0.717) is 17.9 Å². The van der Waals surface area contributed by atoms with Gasteiger partial charge in [-0.2, -0.15) is 0 Å². The highest BCUT2D eigenvalue weighted by Gasteiger charge is 2.30. The molecule has 6 heteroatoms. The standard InChI is InChI=1S/C19H19NO5/c1-20-3-2-11-5-16-18(24-9-22-16)7-13(11)14(20)4-12-6-17-19(8-15(12)21)25-10-23-17/h5-8,14,21H,2-4,9-10H2,1H3. The molecule has 25 heavy (non-hydrogen) atoms. The van der Waals surface area contributed by atoms with Gasteiger partial charge in [0.25, 0.3) is 0 Å². The van der Waals surface area contributed by atoms with Gasteiger partial charge in [0, 0.05) is 18.7 Å². The summed E-state index contributed by atoms with van der Waals surface area (Å²) in [6.07, 6.45) is 1.66. The minimum absolute atomic E-state index is 0.157. The SMILES string of the molecule is CN1CCc2cc3c(cc2C1Cc1cc2c(cc1O)OCO2)OCO3. The summed E-state index contributed by atoms with van der Waals surface area (Å²) in [5.41, 5.74) is 3.37. The van der Waals surface area contributed by atoms with Gasteiger partial charge in [-0.25, -0.2) is 0 Å². The molecule has 0 fully saturated rings. The summed E-state index contributed by atoms with van der Waals surface area (Å²) in [7, 11) is 2.11. The van der Waals surface area contributed by atoms with Crippen molar-refractivity contribution in [2.45, 2.75) is 18.9 Å². The lowest BCUT2D eigenvalue weighted by Crippen LogP contribution is -2.33. The van der Waals surface area contributed by atoms with Crippen molar-refractivity contribution in [3.05, 3.63) is 41.0 Å². The minimum atomic E-state index is 0.157. The van der Waals surface area contributed by atoms with E-state index in [2.05, 4.69) is 24.1 Å². The lowest BCUT2D eigenvalue weighted by Gasteiger charge is -2.35. The number of benzene rings is 2. The summed E-state index contributed by atoms with van der Waals surface area (Å²) in [4.78, 5) is 2.31. The zero-order chi connectivity index (χ0) is 17.0. The number of phenols is 1. The number of likely N-dealkylation sites (N-methyl/N-ethyl adjacent to an activating group) is 1. The molecule has 3 aliphatic rings. The first-order valence-corrected chi connectivity index (χ1v) is 8.43. The molecule has 5 rings (SSSR count). The molecule has 1 N–H and O–H groups in total. The Kier molecular flexibility index (Phi) is 3.21. The molecular formula is C19H19NO5. The van der Waals surface area contributed by atoms with Crippen LogP contribution in [0.4, 0.5) is 0 Å². The first-order chi connectivity index (χ1) is 12.2. The second-order valence-electron chi connectivity index (χ2n) is 6.69. The van der Waals surface area contributed by atoms with Crippen LogP contribution in [0.3, 0.4) is 0 Å². The van der Waals surface area contributed by atoms with E-state index >= 15 is 0 Å². The average Bonchev–Trinajstić information content (AvgIpc) is 3.24. The third-order valence-corrected chi connectivity index (χ3v) is 5.25. The van der Waals surface area contributed by atoms with Gasteiger partial charge in [-0.15, -0.1) is 0 Å². The van der Waals surface area contributed by atoms with E-state index in [1.165, 1.54) is 11.1 Å². The Hall–Kier alpha value is -2.60. The molecule has 130 valence electrons. The predicted molar refractivity (Wildman–Crippen MR) is 89.6 cm³/mol. The van der Waals surface area contributed by atoms with Crippen molar-refractivity contribution >= 4 is 0 Å². The fourth-order valence-corrected chi connectivity index (χ4v) is 3.83. The summed E-state index contributed by atoms with van der Waals surface area (Å²) in [6.45, 7) is 1.44. The number of nitrogens with zero attached hydrogens (tertiary/aromatic N) is 1. The van der Waals surface area contributed by atoms with E-state index in [1.54, 1.807) is 6.07 Å². The topological polar surface area (TPSA) is 60.4 Å². The van der Waals surface area contributed by atoms with Crippen LogP contribution in [-0.2, 0) is 12.8 Å². The highest BCUT2D eigenvalue weighted by Crippen LogP contribution is 2.43. The van der Waals surface area contributed by atoms with Crippen molar-refractivity contribution in [1.29, 1.82) is 0 Å². The van der Waals surface area contributed by atoms with Crippen LogP contribution in [0.2, 0.25) is 0 Å². The van der Waals surface area contributed by atoms with Crippen molar-refractivity contribution in [1.82, 2.24) is 4.90 Å². The van der Waals surface area contributed by atoms with E-state index in [1.807, 2.05) is 6.07 Å². The smallest absolute Gasteiger partial charge is 0.231 e. The number of rotatable bonds is 2. The van der Waals surface area contributed by atoms with E-state index in [0.717, 1.165) is 30.0 Å². The Morgan fingerprint density at radius 2 is 1.60 bits per heavy atom. The lowest BCUT2D eigenvalue weighted by molar-refractivity contribution is 0.173. The third-order valence-electron chi connectivity index (χ3n) is 5.25. The van der Waals surface area contributed by atoms with Crippen molar-refractivity contribution < 1.29 is 24.1 Å². The van der Waals surface area contributed by atoms with Crippen LogP contribution in [-0.4, -0.2) is 37.2 Å². The molecule has 0 aromatic heterocycles. The van der Waals surface area contributed by atoms with Crippen LogP contribution in [0, 0.1) is 0 Å². The van der Waals surface area contributed by atoms with Gasteiger partial charge in [-0.1, -0.05) is 0 Å². The first kappa shape index (κ1) is 14.7. The van der Waals surface area contributed by atoms with E-state index in [4.69, 9.17) is 18.9 Å². The maximum atomic E-state index is 10.4. The molecule has 2 aromatic rings. The Balaban J connectivity index is 1.52. The highest BCUT2D eigenvalue weighted by molar-refractivity contribution is 5.53. The van der Waals surface area contributed by atoms with Gasteiger partial charge in [-0.3, -0.25) is 4.90 Å². The average molecular weight is 341 g/mol. The molecule has 2 aromatic carbocycles. The van der Waals surface area contributed by atoms with Crippen LogP contribution in [0.5, 0.6) is 28.7 Å². The highest BCUT2D eigenvalue weighted by atomic mass is 16.7. The monoisotopic (exact) mass is 341 g/mol. The number of ether oxygens (including phenoxy) is 4. The van der Waals surface area contributed by atoms with Crippen molar-refractivity contribution in [3.63, 3.8) is 0 Å². The molecule has 1 unspecified atom stereocenters. The van der Waals surface area contributed by atoms with Crippen LogP contribution < -0.4 is 18.9 Å². The number of fused-ring (bicyclic) bond motifs is 3. The Bertz CT molecular complexity index is 850. The summed E-state index contributed by atoms with van der Waals surface area (Å²) in [5, 5.41) is 10.4. The normalized spacial score (nSPS) is 20.6. The second-order valence-corrected chi connectivity index (χ2v) is 6.69. The van der Waals surface area contributed by atoms with Gasteiger partial charge in [0.1, 0.15) is 5.75 Å². The molecule has 0 saturated carbocycles. The summed E-state index contributed by atoms with van der Waals surface area (Å²) < 4.78 is 21.8. The molecule has 0 aliphatic carbocycles. The van der Waals surface area contributed by atoms with E-state index in [-0.39, 0.29) is 25.4 Å². The fraction of sp³-hybridized carbons (Fsp3) is 0.368. The summed E-state index contributed by atoms with van der Waals surface area (Å²) in [5.74, 6) is 3.16. The van der Waals surface area contributed by atoms with Crippen LogP contribution in [0.25, 0.3) is 0 Å². The molecule has 0 radical (unpaired) electrons. The minimum Gasteiger partial charge on any atom is -0.508 e. The fourth-order valence-electron chi connectivity index (χ4n) is 3.83. The molecule has 0 bridgehead atoms. The second kappa shape index (κ2) is 5.46. The Morgan fingerprint density at radius 3 is 2.36 bits per heavy atom. The van der Waals surface area contributed by atoms with Crippen LogP contribution in [0.1, 0.15) is 22.7 Å². The Morgan fingerprint density at radius 1 is 0.960 bits per heavy atom. The molecule has 3 heterocycles. The summed E-state index contributed by atoms with van der Waals surface area (Å²) in [6, 6.07) is 7.86. The van der Waals surface area contributed by atoms with Crippen molar-refractivity contribution in [2.24, 2.45) is 0 Å². The number of aromatic hydroxyl groups is 1. The molecule has 0 spiro atoms. The molecule has 1 atom stereocenters. The maximum absolute atomic E-state index is 10.4. The van der Waals surface area contributed by atoms with Gasteiger partial charge in [0.2, 0.25) is 13.6 Å². The molecule has 6 nitrogen and oxygen atoms in total. The number of phenolic OH excluding ortho intramolecular Hbond substituents is 1. The van der Waals surface area contributed by atoms with E-state index < -0.39 is 0 Å². The zero-order valence-corrected chi connectivity index (χ0v) is 13.9. The quantitative estimate of drug-likeness (QED) is 0.906. The predicted octanol–water partition coefficient (Wildman–Crippen LogP) is 2.62. The van der Waals surface area contributed by atoms with Gasteiger partial charge in [0.05, 0.1) is 0 Å². The number of hydrogen-bond acceptors (Lipinski definition) is 6. The zero-order valence-electron chi connectivity index (χ0n) is 13.9. The van der Waals surface area contributed by atoms with Gasteiger partial charge in [0.15, 0.2) is 23.0 Å².